The standard InChI is InChI=1S/C21H27N3O6S/c1-21(2,3)30-18(25)8-6-4-5-7-15-9-11-17(12-10-15)31(28,29)24-20-22-13-16(14-23-20)19(26)27/h9-14H,4-8H2,1-3H3,(H,26,27)(H,22,23,24). The smallest absolute Gasteiger partial charge is 0.338 e. The average molecular weight is 450 g/mol. The van der Waals surface area contributed by atoms with E-state index >= 15 is 0 Å². The molecule has 0 bridgehead atoms. The van der Waals surface area contributed by atoms with Crippen molar-refractivity contribution in [3.05, 3.63) is 47.8 Å². The summed E-state index contributed by atoms with van der Waals surface area (Å²) < 4.78 is 32.4. The Balaban J connectivity index is 1.82. The quantitative estimate of drug-likeness (QED) is 0.416. The van der Waals surface area contributed by atoms with E-state index in [-0.39, 0.29) is 22.4 Å². The van der Waals surface area contributed by atoms with Crippen molar-refractivity contribution in [2.45, 2.75) is 63.4 Å². The third-order valence-electron chi connectivity index (χ3n) is 4.12. The number of nitrogens with zero attached hydrogens (tertiary/aromatic N) is 2. The van der Waals surface area contributed by atoms with E-state index in [9.17, 15) is 18.0 Å². The zero-order valence-electron chi connectivity index (χ0n) is 17.8. The second-order valence-corrected chi connectivity index (χ2v) is 9.68. The van der Waals surface area contributed by atoms with Crippen LogP contribution in [-0.4, -0.2) is 41.0 Å². The Kier molecular flexibility index (Phi) is 8.09. The van der Waals surface area contributed by atoms with Crippen molar-refractivity contribution in [3.8, 4) is 0 Å². The van der Waals surface area contributed by atoms with E-state index in [1.165, 1.54) is 12.1 Å². The summed E-state index contributed by atoms with van der Waals surface area (Å²) in [5.41, 5.74) is 0.374. The van der Waals surface area contributed by atoms with Gasteiger partial charge in [0.2, 0.25) is 5.95 Å². The van der Waals surface area contributed by atoms with E-state index in [0.717, 1.165) is 43.6 Å². The van der Waals surface area contributed by atoms with Crippen molar-refractivity contribution >= 4 is 27.9 Å². The minimum absolute atomic E-state index is 0.0482. The highest BCUT2D eigenvalue weighted by Gasteiger charge is 2.17. The number of benzene rings is 1. The summed E-state index contributed by atoms with van der Waals surface area (Å²) in [6, 6.07) is 6.45. The van der Waals surface area contributed by atoms with Crippen LogP contribution in [0.4, 0.5) is 5.95 Å². The zero-order chi connectivity index (χ0) is 23.1. The number of rotatable bonds is 10. The first-order valence-electron chi connectivity index (χ1n) is 9.85. The first kappa shape index (κ1) is 24.3. The van der Waals surface area contributed by atoms with Gasteiger partial charge < -0.3 is 9.84 Å². The minimum atomic E-state index is -3.89. The molecule has 1 aromatic carbocycles. The Morgan fingerprint density at radius 1 is 1.03 bits per heavy atom. The maximum Gasteiger partial charge on any atom is 0.338 e. The maximum atomic E-state index is 12.4. The van der Waals surface area contributed by atoms with Crippen LogP contribution in [-0.2, 0) is 26.0 Å². The van der Waals surface area contributed by atoms with Gasteiger partial charge in [0.25, 0.3) is 10.0 Å². The SMILES string of the molecule is CC(C)(C)OC(=O)CCCCCc1ccc(S(=O)(=O)Nc2ncc(C(=O)O)cn2)cc1. The number of carboxylic acids is 1. The number of aromatic nitrogens is 2. The number of carbonyl (C=O) groups is 2. The molecule has 2 rings (SSSR count). The number of nitrogens with one attached hydrogen (secondary N) is 1. The average Bonchev–Trinajstić information content (AvgIpc) is 2.67. The molecule has 0 spiro atoms. The van der Waals surface area contributed by atoms with Gasteiger partial charge in [-0.2, -0.15) is 0 Å². The van der Waals surface area contributed by atoms with E-state index in [2.05, 4.69) is 14.7 Å². The summed E-state index contributed by atoms with van der Waals surface area (Å²) in [6.45, 7) is 5.52. The summed E-state index contributed by atoms with van der Waals surface area (Å²) >= 11 is 0. The minimum Gasteiger partial charge on any atom is -0.478 e. The molecular weight excluding hydrogens is 422 g/mol. The molecule has 0 saturated carbocycles. The first-order valence-corrected chi connectivity index (χ1v) is 11.3. The normalized spacial score (nSPS) is 11.7. The fourth-order valence-corrected chi connectivity index (χ4v) is 3.63. The van der Waals surface area contributed by atoms with Crippen molar-refractivity contribution < 1.29 is 27.9 Å². The predicted octanol–water partition coefficient (Wildman–Crippen LogP) is 3.42. The highest BCUT2D eigenvalue weighted by molar-refractivity contribution is 7.92. The van der Waals surface area contributed by atoms with E-state index in [4.69, 9.17) is 9.84 Å². The number of aryl methyl sites for hydroxylation is 1. The Bertz CT molecular complexity index is 997. The second kappa shape index (κ2) is 10.3. The predicted molar refractivity (Wildman–Crippen MR) is 114 cm³/mol. The summed E-state index contributed by atoms with van der Waals surface area (Å²) in [5, 5.41) is 8.83. The molecule has 2 N–H and O–H groups in total. The molecule has 31 heavy (non-hydrogen) atoms. The molecule has 2 aromatic rings. The van der Waals surface area contributed by atoms with Crippen LogP contribution in [0.25, 0.3) is 0 Å². The molecule has 0 aliphatic rings. The lowest BCUT2D eigenvalue weighted by molar-refractivity contribution is -0.154. The van der Waals surface area contributed by atoms with Crippen molar-refractivity contribution in [1.29, 1.82) is 0 Å². The number of unbranched alkanes of at least 4 members (excludes halogenated alkanes) is 2. The van der Waals surface area contributed by atoms with Crippen molar-refractivity contribution in [1.82, 2.24) is 9.97 Å². The number of anilines is 1. The van der Waals surface area contributed by atoms with E-state index in [0.29, 0.717) is 6.42 Å². The number of esters is 1. The lowest BCUT2D eigenvalue weighted by Crippen LogP contribution is -2.23. The number of aromatic carboxylic acids is 1. The van der Waals surface area contributed by atoms with E-state index in [1.807, 2.05) is 20.8 Å². The molecule has 0 unspecified atom stereocenters. The van der Waals surface area contributed by atoms with Gasteiger partial charge in [-0.25, -0.2) is 27.9 Å². The third-order valence-corrected chi connectivity index (χ3v) is 5.47. The molecule has 0 radical (unpaired) electrons. The highest BCUT2D eigenvalue weighted by Crippen LogP contribution is 2.16. The number of carboxylic acid groups (broad SMARTS) is 1. The molecule has 9 nitrogen and oxygen atoms in total. The van der Waals surface area contributed by atoms with Crippen molar-refractivity contribution in [2.24, 2.45) is 0 Å². The van der Waals surface area contributed by atoms with Crippen LogP contribution in [0.5, 0.6) is 0 Å². The van der Waals surface area contributed by atoms with Gasteiger partial charge in [0, 0.05) is 18.8 Å². The van der Waals surface area contributed by atoms with Crippen LogP contribution in [0.2, 0.25) is 0 Å². The van der Waals surface area contributed by atoms with Gasteiger partial charge in [0.05, 0.1) is 10.5 Å². The van der Waals surface area contributed by atoms with Gasteiger partial charge in [-0.05, 0) is 57.7 Å². The van der Waals surface area contributed by atoms with Gasteiger partial charge >= 0.3 is 11.9 Å². The van der Waals surface area contributed by atoms with Crippen LogP contribution in [0.1, 0.15) is 62.4 Å². The van der Waals surface area contributed by atoms with E-state index in [1.54, 1.807) is 12.1 Å². The maximum absolute atomic E-state index is 12.4. The number of hydrogen-bond donors (Lipinski definition) is 2. The first-order chi connectivity index (χ1) is 14.5. The Labute approximate surface area is 181 Å². The van der Waals surface area contributed by atoms with Gasteiger partial charge in [-0.3, -0.25) is 4.79 Å². The summed E-state index contributed by atoms with van der Waals surface area (Å²) in [7, 11) is -3.89. The van der Waals surface area contributed by atoms with Gasteiger partial charge in [0.1, 0.15) is 5.60 Å². The van der Waals surface area contributed by atoms with E-state index < -0.39 is 21.6 Å². The van der Waals surface area contributed by atoms with Crippen LogP contribution < -0.4 is 4.72 Å². The highest BCUT2D eigenvalue weighted by atomic mass is 32.2. The number of carbonyl (C=O) groups excluding carboxylic acids is 1. The number of sulfonamides is 1. The third kappa shape index (κ3) is 8.33. The van der Waals surface area contributed by atoms with Gasteiger partial charge in [-0.1, -0.05) is 18.6 Å². The lowest BCUT2D eigenvalue weighted by Gasteiger charge is -2.19. The molecule has 0 aliphatic heterocycles. The number of hydrogen-bond acceptors (Lipinski definition) is 7. The summed E-state index contributed by atoms with van der Waals surface area (Å²) in [6.07, 6.45) is 5.68. The van der Waals surface area contributed by atoms with Gasteiger partial charge in [0.15, 0.2) is 0 Å². The molecule has 1 aromatic heterocycles. The monoisotopic (exact) mass is 449 g/mol. The Hall–Kier alpha value is -3.01. The Morgan fingerprint density at radius 3 is 2.19 bits per heavy atom. The molecule has 10 heteroatoms. The fourth-order valence-electron chi connectivity index (χ4n) is 2.67. The zero-order valence-corrected chi connectivity index (χ0v) is 18.6. The lowest BCUT2D eigenvalue weighted by atomic mass is 10.1. The largest absolute Gasteiger partial charge is 0.478 e. The fraction of sp³-hybridized carbons (Fsp3) is 0.429. The molecule has 0 atom stereocenters. The molecular formula is C21H27N3O6S. The molecule has 0 amide bonds. The summed E-state index contributed by atoms with van der Waals surface area (Å²) in [5.74, 6) is -1.61. The summed E-state index contributed by atoms with van der Waals surface area (Å²) in [4.78, 5) is 29.9. The van der Waals surface area contributed by atoms with Crippen LogP contribution in [0.15, 0.2) is 41.6 Å². The van der Waals surface area contributed by atoms with Crippen molar-refractivity contribution in [3.63, 3.8) is 0 Å². The molecule has 168 valence electrons. The van der Waals surface area contributed by atoms with Crippen molar-refractivity contribution in [2.75, 3.05) is 4.72 Å². The number of ether oxygens (including phenoxy) is 1. The van der Waals surface area contributed by atoms with Gasteiger partial charge in [-0.15, -0.1) is 0 Å². The molecule has 0 aliphatic carbocycles. The Morgan fingerprint density at radius 2 is 1.65 bits per heavy atom. The van der Waals surface area contributed by atoms with Crippen LogP contribution >= 0.6 is 0 Å². The molecule has 1 heterocycles. The second-order valence-electron chi connectivity index (χ2n) is 8.00. The van der Waals surface area contributed by atoms with Crippen LogP contribution in [0, 0.1) is 0 Å². The molecule has 0 saturated heterocycles. The van der Waals surface area contributed by atoms with Crippen LogP contribution in [0.3, 0.4) is 0 Å². The topological polar surface area (TPSA) is 136 Å². The molecule has 0 fully saturated rings.